The minimum absolute atomic E-state index is 0.240. The van der Waals surface area contributed by atoms with Crippen LogP contribution in [-0.2, 0) is 15.8 Å². The third-order valence-electron chi connectivity index (χ3n) is 2.16. The second kappa shape index (κ2) is 5.16. The molecule has 0 aliphatic rings. The van der Waals surface area contributed by atoms with Crippen LogP contribution >= 0.6 is 11.3 Å². The van der Waals surface area contributed by atoms with Gasteiger partial charge in [0, 0.05) is 11.6 Å². The maximum Gasteiger partial charge on any atom is 0.238 e. The Bertz CT molecular complexity index is 673. The first-order chi connectivity index (χ1) is 8.61. The first-order valence-electron chi connectivity index (χ1n) is 4.99. The van der Waals surface area contributed by atoms with E-state index in [-0.39, 0.29) is 5.75 Å². The number of sulfonamides is 1. The fourth-order valence-electron chi connectivity index (χ4n) is 1.40. The molecule has 0 spiro atoms. The molecule has 1 aromatic carbocycles. The SMILES string of the molecule is N#Cc1ccccc1CS(=O)(=O)Nc1nccs1. The van der Waals surface area contributed by atoms with Crippen molar-refractivity contribution >= 4 is 26.5 Å². The maximum absolute atomic E-state index is 11.9. The van der Waals surface area contributed by atoms with E-state index in [1.54, 1.807) is 29.6 Å². The highest BCUT2D eigenvalue weighted by Gasteiger charge is 2.15. The third kappa shape index (κ3) is 3.06. The Morgan fingerprint density at radius 2 is 2.17 bits per heavy atom. The quantitative estimate of drug-likeness (QED) is 0.927. The lowest BCUT2D eigenvalue weighted by Crippen LogP contribution is -2.15. The van der Waals surface area contributed by atoms with Gasteiger partial charge in [-0.3, -0.25) is 4.72 Å². The Kier molecular flexibility index (Phi) is 3.60. The van der Waals surface area contributed by atoms with E-state index in [1.165, 1.54) is 17.5 Å². The summed E-state index contributed by atoms with van der Waals surface area (Å²) in [5.74, 6) is -0.240. The molecule has 0 radical (unpaired) electrons. The number of nitrogens with one attached hydrogen (secondary N) is 1. The highest BCUT2D eigenvalue weighted by atomic mass is 32.2. The molecule has 1 aromatic heterocycles. The molecule has 5 nitrogen and oxygen atoms in total. The van der Waals surface area contributed by atoms with Crippen LogP contribution < -0.4 is 4.72 Å². The van der Waals surface area contributed by atoms with Crippen LogP contribution in [0.4, 0.5) is 5.13 Å². The monoisotopic (exact) mass is 279 g/mol. The zero-order valence-corrected chi connectivity index (χ0v) is 10.8. The molecule has 1 N–H and O–H groups in total. The standard InChI is InChI=1S/C11H9N3O2S2/c12-7-9-3-1-2-4-10(9)8-18(15,16)14-11-13-5-6-17-11/h1-6H,8H2,(H,13,14). The van der Waals surface area contributed by atoms with Crippen LogP contribution in [0.25, 0.3) is 0 Å². The van der Waals surface area contributed by atoms with Crippen molar-refractivity contribution in [2.75, 3.05) is 4.72 Å². The third-order valence-corrected chi connectivity index (χ3v) is 4.17. The number of nitrogens with zero attached hydrogens (tertiary/aromatic N) is 2. The number of hydrogen-bond donors (Lipinski definition) is 1. The molecular weight excluding hydrogens is 270 g/mol. The molecule has 0 saturated carbocycles. The number of aromatic nitrogens is 1. The predicted molar refractivity (Wildman–Crippen MR) is 69.5 cm³/mol. The van der Waals surface area contributed by atoms with Crippen LogP contribution in [0.5, 0.6) is 0 Å². The molecule has 2 aromatic rings. The summed E-state index contributed by atoms with van der Waals surface area (Å²) in [6.07, 6.45) is 1.52. The number of benzene rings is 1. The van der Waals surface area contributed by atoms with E-state index >= 15 is 0 Å². The number of thiazole rings is 1. The second-order valence-electron chi connectivity index (χ2n) is 3.47. The smallest absolute Gasteiger partial charge is 0.238 e. The molecule has 92 valence electrons. The van der Waals surface area contributed by atoms with Crippen LogP contribution in [0, 0.1) is 11.3 Å². The van der Waals surface area contributed by atoms with Gasteiger partial charge in [-0.1, -0.05) is 18.2 Å². The summed E-state index contributed by atoms with van der Waals surface area (Å²) in [7, 11) is -3.54. The van der Waals surface area contributed by atoms with Crippen LogP contribution in [0.2, 0.25) is 0 Å². The first kappa shape index (κ1) is 12.5. The summed E-state index contributed by atoms with van der Waals surface area (Å²) in [5, 5.41) is 10.9. The van der Waals surface area contributed by atoms with Gasteiger partial charge in [0.25, 0.3) is 0 Å². The van der Waals surface area contributed by atoms with Crippen molar-refractivity contribution in [3.63, 3.8) is 0 Å². The van der Waals surface area contributed by atoms with E-state index in [1.807, 2.05) is 6.07 Å². The Hall–Kier alpha value is -1.91. The lowest BCUT2D eigenvalue weighted by molar-refractivity contribution is 0.600. The average Bonchev–Trinajstić information content (AvgIpc) is 2.81. The summed E-state index contributed by atoms with van der Waals surface area (Å²) < 4.78 is 26.1. The predicted octanol–water partition coefficient (Wildman–Crippen LogP) is 1.96. The summed E-state index contributed by atoms with van der Waals surface area (Å²) in [5.41, 5.74) is 0.839. The van der Waals surface area contributed by atoms with Gasteiger partial charge in [0.2, 0.25) is 10.0 Å². The van der Waals surface area contributed by atoms with Crippen molar-refractivity contribution in [3.8, 4) is 6.07 Å². The molecule has 18 heavy (non-hydrogen) atoms. The van der Waals surface area contributed by atoms with Crippen LogP contribution in [0.1, 0.15) is 11.1 Å². The zero-order valence-electron chi connectivity index (χ0n) is 9.20. The normalized spacial score (nSPS) is 10.8. The summed E-state index contributed by atoms with van der Waals surface area (Å²) >= 11 is 1.20. The highest BCUT2D eigenvalue weighted by molar-refractivity contribution is 7.92. The van der Waals surface area contributed by atoms with E-state index in [4.69, 9.17) is 5.26 Å². The Balaban J connectivity index is 2.21. The van der Waals surface area contributed by atoms with Gasteiger partial charge in [-0.05, 0) is 11.6 Å². The number of nitriles is 1. The second-order valence-corrected chi connectivity index (χ2v) is 6.08. The lowest BCUT2D eigenvalue weighted by Gasteiger charge is -2.06. The molecule has 0 aliphatic carbocycles. The summed E-state index contributed by atoms with van der Waals surface area (Å²) in [6, 6.07) is 8.59. The van der Waals surface area contributed by atoms with E-state index in [9.17, 15) is 8.42 Å². The summed E-state index contributed by atoms with van der Waals surface area (Å²) in [4.78, 5) is 3.85. The molecular formula is C11H9N3O2S2. The highest BCUT2D eigenvalue weighted by Crippen LogP contribution is 2.16. The molecule has 7 heteroatoms. The van der Waals surface area contributed by atoms with E-state index < -0.39 is 10.0 Å². The molecule has 0 saturated heterocycles. The van der Waals surface area contributed by atoms with Crippen LogP contribution in [-0.4, -0.2) is 13.4 Å². The molecule has 0 aliphatic heterocycles. The fourth-order valence-corrected chi connectivity index (χ4v) is 3.40. The lowest BCUT2D eigenvalue weighted by atomic mass is 10.1. The van der Waals surface area contributed by atoms with Gasteiger partial charge in [-0.15, -0.1) is 11.3 Å². The minimum Gasteiger partial charge on any atom is -0.258 e. The Labute approximate surface area is 109 Å². The molecule has 0 fully saturated rings. The van der Waals surface area contributed by atoms with Crippen molar-refractivity contribution < 1.29 is 8.42 Å². The van der Waals surface area contributed by atoms with Gasteiger partial charge >= 0.3 is 0 Å². The molecule has 2 rings (SSSR count). The van der Waals surface area contributed by atoms with Crippen molar-refractivity contribution in [2.45, 2.75) is 5.75 Å². The maximum atomic E-state index is 11.9. The molecule has 0 unspecified atom stereocenters. The molecule has 0 amide bonds. The summed E-state index contributed by atoms with van der Waals surface area (Å²) in [6.45, 7) is 0. The first-order valence-corrected chi connectivity index (χ1v) is 7.52. The van der Waals surface area contributed by atoms with Crippen LogP contribution in [0.15, 0.2) is 35.8 Å². The topological polar surface area (TPSA) is 82.8 Å². The Morgan fingerprint density at radius 3 is 2.83 bits per heavy atom. The van der Waals surface area contributed by atoms with Gasteiger partial charge in [-0.25, -0.2) is 13.4 Å². The minimum atomic E-state index is -3.54. The number of rotatable bonds is 4. The zero-order chi connectivity index (χ0) is 13.0. The van der Waals surface area contributed by atoms with E-state index in [0.29, 0.717) is 16.3 Å². The average molecular weight is 279 g/mol. The number of anilines is 1. The van der Waals surface area contributed by atoms with E-state index in [0.717, 1.165) is 0 Å². The van der Waals surface area contributed by atoms with Crippen molar-refractivity contribution in [3.05, 3.63) is 47.0 Å². The van der Waals surface area contributed by atoms with Crippen molar-refractivity contribution in [2.24, 2.45) is 0 Å². The number of hydrogen-bond acceptors (Lipinski definition) is 5. The van der Waals surface area contributed by atoms with Crippen molar-refractivity contribution in [1.29, 1.82) is 5.26 Å². The molecule has 0 bridgehead atoms. The van der Waals surface area contributed by atoms with Gasteiger partial charge in [0.05, 0.1) is 17.4 Å². The van der Waals surface area contributed by atoms with Gasteiger partial charge in [-0.2, -0.15) is 5.26 Å². The van der Waals surface area contributed by atoms with Gasteiger partial charge in [0.1, 0.15) is 0 Å². The van der Waals surface area contributed by atoms with Gasteiger partial charge in [0.15, 0.2) is 5.13 Å². The molecule has 0 atom stereocenters. The van der Waals surface area contributed by atoms with Crippen molar-refractivity contribution in [1.82, 2.24) is 4.98 Å². The van der Waals surface area contributed by atoms with Gasteiger partial charge < -0.3 is 0 Å². The van der Waals surface area contributed by atoms with Crippen LogP contribution in [0.3, 0.4) is 0 Å². The largest absolute Gasteiger partial charge is 0.258 e. The fraction of sp³-hybridized carbons (Fsp3) is 0.0909. The molecule has 1 heterocycles. The van der Waals surface area contributed by atoms with E-state index in [2.05, 4.69) is 9.71 Å². The Morgan fingerprint density at radius 1 is 1.39 bits per heavy atom.